The second-order valence-corrected chi connectivity index (χ2v) is 8.33. The number of carbonyl (C=O) groups is 1. The summed E-state index contributed by atoms with van der Waals surface area (Å²) in [5, 5.41) is 7.57. The van der Waals surface area contributed by atoms with E-state index >= 15 is 0 Å². The monoisotopic (exact) mass is 433 g/mol. The van der Waals surface area contributed by atoms with Crippen LogP contribution in [0.1, 0.15) is 46.1 Å². The number of amides is 1. The molecule has 7 heteroatoms. The second kappa shape index (κ2) is 8.31. The quantitative estimate of drug-likeness (QED) is 0.633. The van der Waals surface area contributed by atoms with Crippen LogP contribution >= 0.6 is 0 Å². The number of H-pyrrole nitrogens is 1. The Kier molecular flexibility index (Phi) is 5.35. The molecule has 0 bridgehead atoms. The van der Waals surface area contributed by atoms with Gasteiger partial charge in [0.1, 0.15) is 17.2 Å². The molecule has 0 radical (unpaired) electrons. The third kappa shape index (κ3) is 3.42. The molecule has 0 saturated carbocycles. The van der Waals surface area contributed by atoms with Gasteiger partial charge in [-0.2, -0.15) is 5.10 Å². The van der Waals surface area contributed by atoms with Gasteiger partial charge in [0, 0.05) is 35.9 Å². The third-order valence-corrected chi connectivity index (χ3v) is 6.35. The topological polar surface area (TPSA) is 76.7 Å². The zero-order chi connectivity index (χ0) is 22.2. The van der Waals surface area contributed by atoms with Crippen molar-refractivity contribution in [2.24, 2.45) is 0 Å². The van der Waals surface area contributed by atoms with E-state index in [0.717, 1.165) is 41.8 Å². The Labute approximate surface area is 187 Å². The van der Waals surface area contributed by atoms with Gasteiger partial charge in [0.05, 0.1) is 32.1 Å². The van der Waals surface area contributed by atoms with E-state index < -0.39 is 0 Å². The summed E-state index contributed by atoms with van der Waals surface area (Å²) >= 11 is 0. The van der Waals surface area contributed by atoms with Crippen LogP contribution in [0, 0.1) is 6.92 Å². The largest absolute Gasteiger partial charge is 0.497 e. The van der Waals surface area contributed by atoms with Crippen LogP contribution < -0.4 is 9.47 Å². The number of hydrogen-bond donors (Lipinski definition) is 1. The van der Waals surface area contributed by atoms with Gasteiger partial charge < -0.3 is 19.1 Å². The summed E-state index contributed by atoms with van der Waals surface area (Å²) in [4.78, 5) is 15.4. The van der Waals surface area contributed by atoms with Gasteiger partial charge in [0.2, 0.25) is 0 Å². The number of aromatic amines is 1. The standard InChI is InChI=1S/C25H27N3O4/c1-15-6-8-16(9-7-15)22-21-23(27-26-22)25(29)28(14-18-5-4-12-32-18)24(21)19-11-10-17(30-2)13-20(19)31-3/h6-11,13,18,24H,4-5,12,14H2,1-3H3,(H,26,27). The summed E-state index contributed by atoms with van der Waals surface area (Å²) in [5.74, 6) is 1.31. The van der Waals surface area contributed by atoms with Crippen LogP contribution in [0.3, 0.4) is 0 Å². The maximum absolute atomic E-state index is 13.5. The lowest BCUT2D eigenvalue weighted by Gasteiger charge is -2.29. The molecule has 1 saturated heterocycles. The van der Waals surface area contributed by atoms with E-state index in [-0.39, 0.29) is 18.1 Å². The van der Waals surface area contributed by atoms with E-state index in [9.17, 15) is 4.79 Å². The number of nitrogens with zero attached hydrogens (tertiary/aromatic N) is 2. The van der Waals surface area contributed by atoms with Crippen LogP contribution in [-0.4, -0.2) is 54.5 Å². The minimum absolute atomic E-state index is 0.0329. The Morgan fingerprint density at radius 1 is 1.16 bits per heavy atom. The van der Waals surface area contributed by atoms with Crippen molar-refractivity contribution in [3.63, 3.8) is 0 Å². The van der Waals surface area contributed by atoms with Gasteiger partial charge in [-0.1, -0.05) is 29.8 Å². The van der Waals surface area contributed by atoms with Crippen molar-refractivity contribution in [2.45, 2.75) is 31.9 Å². The van der Waals surface area contributed by atoms with Crippen LogP contribution in [0.4, 0.5) is 0 Å². The van der Waals surface area contributed by atoms with E-state index in [1.165, 1.54) is 5.56 Å². The number of hydrogen-bond acceptors (Lipinski definition) is 5. The molecule has 5 rings (SSSR count). The Morgan fingerprint density at radius 3 is 2.66 bits per heavy atom. The van der Waals surface area contributed by atoms with Crippen LogP contribution in [0.15, 0.2) is 42.5 Å². The van der Waals surface area contributed by atoms with Crippen molar-refractivity contribution in [3.05, 3.63) is 64.8 Å². The van der Waals surface area contributed by atoms with Gasteiger partial charge >= 0.3 is 0 Å². The number of aryl methyl sites for hydroxylation is 1. The van der Waals surface area contributed by atoms with Gasteiger partial charge in [0.25, 0.3) is 5.91 Å². The highest BCUT2D eigenvalue weighted by Crippen LogP contribution is 2.46. The van der Waals surface area contributed by atoms with E-state index in [4.69, 9.17) is 14.2 Å². The smallest absolute Gasteiger partial charge is 0.273 e. The number of rotatable bonds is 6. The number of carbonyl (C=O) groups excluding carboxylic acids is 1. The van der Waals surface area contributed by atoms with Gasteiger partial charge in [-0.15, -0.1) is 0 Å². The van der Waals surface area contributed by atoms with Gasteiger partial charge in [0.15, 0.2) is 0 Å². The number of ether oxygens (including phenoxy) is 3. The molecule has 2 aliphatic heterocycles. The molecular weight excluding hydrogens is 406 g/mol. The van der Waals surface area contributed by atoms with Crippen molar-refractivity contribution in [1.29, 1.82) is 0 Å². The molecule has 1 amide bonds. The molecule has 2 atom stereocenters. The number of nitrogens with one attached hydrogen (secondary N) is 1. The minimum Gasteiger partial charge on any atom is -0.497 e. The molecule has 1 aromatic heterocycles. The first kappa shape index (κ1) is 20.6. The van der Waals surface area contributed by atoms with Gasteiger partial charge in [-0.05, 0) is 31.9 Å². The fraction of sp³-hybridized carbons (Fsp3) is 0.360. The molecule has 0 aliphatic carbocycles. The summed E-state index contributed by atoms with van der Waals surface area (Å²) in [6, 6.07) is 13.6. The maximum atomic E-state index is 13.5. The van der Waals surface area contributed by atoms with Crippen LogP contribution in [0.5, 0.6) is 11.5 Å². The van der Waals surface area contributed by atoms with Gasteiger partial charge in [-0.3, -0.25) is 9.89 Å². The zero-order valence-electron chi connectivity index (χ0n) is 18.6. The first-order valence-electron chi connectivity index (χ1n) is 10.9. The fourth-order valence-electron chi connectivity index (χ4n) is 4.69. The lowest BCUT2D eigenvalue weighted by atomic mass is 9.94. The lowest BCUT2D eigenvalue weighted by molar-refractivity contribution is 0.0493. The minimum atomic E-state index is -0.336. The summed E-state index contributed by atoms with van der Waals surface area (Å²) in [7, 11) is 3.26. The molecule has 3 heterocycles. The normalized spacial score (nSPS) is 20.0. The molecule has 7 nitrogen and oxygen atoms in total. The molecule has 3 aromatic rings. The maximum Gasteiger partial charge on any atom is 0.273 e. The molecule has 2 aliphatic rings. The number of benzene rings is 2. The Bertz CT molecular complexity index is 1130. The first-order valence-corrected chi connectivity index (χ1v) is 10.9. The van der Waals surface area contributed by atoms with Gasteiger partial charge in [-0.25, -0.2) is 0 Å². The predicted molar refractivity (Wildman–Crippen MR) is 120 cm³/mol. The number of methoxy groups -OCH3 is 2. The highest BCUT2D eigenvalue weighted by atomic mass is 16.5. The third-order valence-electron chi connectivity index (χ3n) is 6.35. The van der Waals surface area contributed by atoms with Crippen molar-refractivity contribution in [1.82, 2.24) is 15.1 Å². The molecule has 2 aromatic carbocycles. The van der Waals surface area contributed by atoms with E-state index in [2.05, 4.69) is 29.3 Å². The fourth-order valence-corrected chi connectivity index (χ4v) is 4.69. The van der Waals surface area contributed by atoms with Crippen LogP contribution in [0.2, 0.25) is 0 Å². The Hall–Kier alpha value is -3.32. The highest BCUT2D eigenvalue weighted by molar-refractivity contribution is 6.00. The number of aromatic nitrogens is 2. The first-order chi connectivity index (χ1) is 15.6. The molecule has 2 unspecified atom stereocenters. The SMILES string of the molecule is COc1ccc(C2c3c(-c4ccc(C)cc4)n[nH]c3C(=O)N2CC2CCCO2)c(OC)c1. The van der Waals surface area contributed by atoms with Crippen LogP contribution in [-0.2, 0) is 4.74 Å². The molecule has 1 fully saturated rings. The Morgan fingerprint density at radius 2 is 1.97 bits per heavy atom. The second-order valence-electron chi connectivity index (χ2n) is 8.33. The van der Waals surface area contributed by atoms with Crippen LogP contribution in [0.25, 0.3) is 11.3 Å². The predicted octanol–water partition coefficient (Wildman–Crippen LogP) is 4.13. The average Bonchev–Trinajstić information content (AvgIpc) is 3.54. The molecular formula is C25H27N3O4. The number of fused-ring (bicyclic) bond motifs is 1. The molecule has 166 valence electrons. The van der Waals surface area contributed by atoms with Crippen molar-refractivity contribution < 1.29 is 19.0 Å². The summed E-state index contributed by atoms with van der Waals surface area (Å²) < 4.78 is 17.0. The molecule has 32 heavy (non-hydrogen) atoms. The van der Waals surface area contributed by atoms with Crippen molar-refractivity contribution in [2.75, 3.05) is 27.4 Å². The zero-order valence-corrected chi connectivity index (χ0v) is 18.6. The highest BCUT2D eigenvalue weighted by Gasteiger charge is 2.44. The molecule has 1 N–H and O–H groups in total. The van der Waals surface area contributed by atoms with E-state index in [1.54, 1.807) is 14.2 Å². The summed E-state index contributed by atoms with van der Waals surface area (Å²) in [6.45, 7) is 3.32. The summed E-state index contributed by atoms with van der Waals surface area (Å²) in [6.07, 6.45) is 2.00. The van der Waals surface area contributed by atoms with E-state index in [0.29, 0.717) is 23.7 Å². The summed E-state index contributed by atoms with van der Waals surface area (Å²) in [5.41, 5.74) is 5.23. The molecule has 0 spiro atoms. The van der Waals surface area contributed by atoms with E-state index in [1.807, 2.05) is 35.2 Å². The average molecular weight is 434 g/mol. The van der Waals surface area contributed by atoms with Crippen molar-refractivity contribution in [3.8, 4) is 22.8 Å². The van der Waals surface area contributed by atoms with Crippen molar-refractivity contribution >= 4 is 5.91 Å². The Balaban J connectivity index is 1.65. The lowest BCUT2D eigenvalue weighted by Crippen LogP contribution is -2.36.